The monoisotopic (exact) mass is 361 g/mol. The maximum atomic E-state index is 12.3. The Balaban J connectivity index is 1.65. The highest BCUT2D eigenvalue weighted by Crippen LogP contribution is 2.32. The van der Waals surface area contributed by atoms with Crippen molar-refractivity contribution in [1.29, 1.82) is 0 Å². The molecule has 2 aliphatic rings. The van der Waals surface area contributed by atoms with E-state index in [1.807, 2.05) is 20.8 Å². The Bertz CT molecular complexity index is 636. The summed E-state index contributed by atoms with van der Waals surface area (Å²) in [4.78, 5) is 16.4. The second-order valence-corrected chi connectivity index (χ2v) is 8.16. The van der Waals surface area contributed by atoms with Crippen LogP contribution in [0.25, 0.3) is 0 Å². The van der Waals surface area contributed by atoms with Crippen molar-refractivity contribution in [2.75, 3.05) is 44.2 Å². The van der Waals surface area contributed by atoms with Crippen molar-refractivity contribution in [3.05, 3.63) is 23.8 Å². The van der Waals surface area contributed by atoms with Crippen LogP contribution in [-0.4, -0.2) is 62.0 Å². The van der Waals surface area contributed by atoms with Gasteiger partial charge in [-0.15, -0.1) is 0 Å². The summed E-state index contributed by atoms with van der Waals surface area (Å²) in [5.74, 6) is 0.911. The van der Waals surface area contributed by atoms with Crippen LogP contribution in [0.4, 0.5) is 10.5 Å². The first-order chi connectivity index (χ1) is 12.3. The molecule has 0 spiro atoms. The third-order valence-corrected chi connectivity index (χ3v) is 4.66. The van der Waals surface area contributed by atoms with Gasteiger partial charge in [-0.25, -0.2) is 4.79 Å². The summed E-state index contributed by atoms with van der Waals surface area (Å²) in [7, 11) is 0. The largest absolute Gasteiger partial charge is 0.486 e. The lowest BCUT2D eigenvalue weighted by Gasteiger charge is -2.31. The van der Waals surface area contributed by atoms with Crippen LogP contribution in [0, 0.1) is 6.92 Å². The Kier molecular flexibility index (Phi) is 5.61. The van der Waals surface area contributed by atoms with Gasteiger partial charge in [-0.3, -0.25) is 0 Å². The maximum absolute atomic E-state index is 12.3. The molecule has 2 aliphatic heterocycles. The number of rotatable bonds is 3. The predicted molar refractivity (Wildman–Crippen MR) is 103 cm³/mol. The average Bonchev–Trinajstić information content (AvgIpc) is 3.04. The Morgan fingerprint density at radius 1 is 1.19 bits per heavy atom. The zero-order valence-corrected chi connectivity index (χ0v) is 16.4. The number of carbonyl (C=O) groups excluding carboxylic acids is 1. The van der Waals surface area contributed by atoms with Crippen molar-refractivity contribution >= 4 is 11.8 Å². The molecule has 1 aromatic rings. The van der Waals surface area contributed by atoms with Crippen molar-refractivity contribution in [2.45, 2.75) is 45.8 Å². The van der Waals surface area contributed by atoms with E-state index in [0.29, 0.717) is 13.1 Å². The molecule has 1 aromatic carbocycles. The molecule has 0 aliphatic carbocycles. The Labute approximate surface area is 156 Å². The molecule has 2 saturated heterocycles. The van der Waals surface area contributed by atoms with E-state index >= 15 is 0 Å². The summed E-state index contributed by atoms with van der Waals surface area (Å²) < 4.78 is 11.8. The molecule has 3 rings (SSSR count). The average molecular weight is 361 g/mol. The molecule has 1 amide bonds. The van der Waals surface area contributed by atoms with Gasteiger partial charge in [0, 0.05) is 39.1 Å². The van der Waals surface area contributed by atoms with Crippen molar-refractivity contribution in [2.24, 2.45) is 0 Å². The number of carbonyl (C=O) groups is 1. The smallest absolute Gasteiger partial charge is 0.410 e. The van der Waals surface area contributed by atoms with E-state index < -0.39 is 5.60 Å². The van der Waals surface area contributed by atoms with Gasteiger partial charge in [-0.1, -0.05) is 6.07 Å². The summed E-state index contributed by atoms with van der Waals surface area (Å²) in [6.07, 6.45) is 0.579. The number of aryl methyl sites for hydroxylation is 1. The molecule has 144 valence electrons. The summed E-state index contributed by atoms with van der Waals surface area (Å²) >= 11 is 0. The first kappa shape index (κ1) is 18.8. The van der Waals surface area contributed by atoms with Crippen LogP contribution >= 0.6 is 0 Å². The summed E-state index contributed by atoms with van der Waals surface area (Å²) in [6.45, 7) is 13.0. The molecule has 1 N–H and O–H groups in total. The quantitative estimate of drug-likeness (QED) is 0.897. The van der Waals surface area contributed by atoms with Crippen LogP contribution in [0.3, 0.4) is 0 Å². The molecular formula is C20H31N3O3. The van der Waals surface area contributed by atoms with Gasteiger partial charge in [0.1, 0.15) is 17.5 Å². The highest BCUT2D eigenvalue weighted by Gasteiger charge is 2.31. The van der Waals surface area contributed by atoms with E-state index in [0.717, 1.165) is 44.0 Å². The lowest BCUT2D eigenvalue weighted by atomic mass is 10.1. The SMILES string of the molecule is Cc1ccc(O[C@H]2CCN(C(=O)OC(C)(C)C)C2)c(N2CCNCC2)c1. The van der Waals surface area contributed by atoms with Crippen LogP contribution in [0.1, 0.15) is 32.8 Å². The molecule has 2 heterocycles. The molecule has 1 atom stereocenters. The molecule has 0 radical (unpaired) electrons. The van der Waals surface area contributed by atoms with E-state index in [4.69, 9.17) is 9.47 Å². The Morgan fingerprint density at radius 3 is 2.62 bits per heavy atom. The molecule has 2 fully saturated rings. The van der Waals surface area contributed by atoms with Gasteiger partial charge >= 0.3 is 6.09 Å². The predicted octanol–water partition coefficient (Wildman–Crippen LogP) is 2.79. The van der Waals surface area contributed by atoms with Crippen LogP contribution < -0.4 is 15.0 Å². The number of benzene rings is 1. The standard InChI is InChI=1S/C20H31N3O3/c1-15-5-6-18(17(13-15)22-11-8-21-9-12-22)25-16-7-10-23(14-16)19(24)26-20(2,3)4/h5-6,13,16,21H,7-12,14H2,1-4H3/t16-/m0/s1. The number of hydrogen-bond donors (Lipinski definition) is 1. The van der Waals surface area contributed by atoms with E-state index in [1.165, 1.54) is 5.56 Å². The highest BCUT2D eigenvalue weighted by molar-refractivity contribution is 5.68. The second kappa shape index (κ2) is 7.74. The van der Waals surface area contributed by atoms with Gasteiger partial charge in [0.2, 0.25) is 0 Å². The van der Waals surface area contributed by atoms with Gasteiger partial charge in [0.05, 0.1) is 12.2 Å². The molecule has 26 heavy (non-hydrogen) atoms. The minimum absolute atomic E-state index is 0.00638. The molecule has 0 saturated carbocycles. The zero-order chi connectivity index (χ0) is 18.7. The second-order valence-electron chi connectivity index (χ2n) is 8.16. The first-order valence-corrected chi connectivity index (χ1v) is 9.53. The molecule has 0 unspecified atom stereocenters. The molecular weight excluding hydrogens is 330 g/mol. The lowest BCUT2D eigenvalue weighted by Crippen LogP contribution is -2.43. The molecule has 6 heteroatoms. The number of piperazine rings is 1. The van der Waals surface area contributed by atoms with Crippen LogP contribution in [0.2, 0.25) is 0 Å². The van der Waals surface area contributed by atoms with Crippen LogP contribution in [0.15, 0.2) is 18.2 Å². The lowest BCUT2D eigenvalue weighted by molar-refractivity contribution is 0.0276. The number of nitrogens with one attached hydrogen (secondary N) is 1. The molecule has 0 aromatic heterocycles. The fourth-order valence-electron chi connectivity index (χ4n) is 3.38. The minimum Gasteiger partial charge on any atom is -0.486 e. The van der Waals surface area contributed by atoms with Gasteiger partial charge in [-0.05, 0) is 45.4 Å². The van der Waals surface area contributed by atoms with E-state index in [-0.39, 0.29) is 12.2 Å². The maximum Gasteiger partial charge on any atom is 0.410 e. The van der Waals surface area contributed by atoms with Crippen molar-refractivity contribution in [3.8, 4) is 5.75 Å². The van der Waals surface area contributed by atoms with E-state index in [1.54, 1.807) is 4.90 Å². The van der Waals surface area contributed by atoms with Gasteiger partial charge < -0.3 is 24.6 Å². The van der Waals surface area contributed by atoms with Crippen molar-refractivity contribution < 1.29 is 14.3 Å². The van der Waals surface area contributed by atoms with Gasteiger partial charge in [0.15, 0.2) is 0 Å². The van der Waals surface area contributed by atoms with E-state index in [9.17, 15) is 4.79 Å². The number of nitrogens with zero attached hydrogens (tertiary/aromatic N) is 2. The summed E-state index contributed by atoms with van der Waals surface area (Å²) in [5, 5.41) is 3.39. The third-order valence-electron chi connectivity index (χ3n) is 4.66. The highest BCUT2D eigenvalue weighted by atomic mass is 16.6. The Morgan fingerprint density at radius 2 is 1.92 bits per heavy atom. The molecule has 0 bridgehead atoms. The number of ether oxygens (including phenoxy) is 2. The normalized spacial score (nSPS) is 21.0. The summed E-state index contributed by atoms with van der Waals surface area (Å²) in [5.41, 5.74) is 1.91. The van der Waals surface area contributed by atoms with Gasteiger partial charge in [0.25, 0.3) is 0 Å². The molecule has 6 nitrogen and oxygen atoms in total. The number of likely N-dealkylation sites (tertiary alicyclic amines) is 1. The van der Waals surface area contributed by atoms with Gasteiger partial charge in [-0.2, -0.15) is 0 Å². The van der Waals surface area contributed by atoms with Crippen molar-refractivity contribution in [1.82, 2.24) is 10.2 Å². The summed E-state index contributed by atoms with van der Waals surface area (Å²) in [6, 6.07) is 6.34. The first-order valence-electron chi connectivity index (χ1n) is 9.53. The zero-order valence-electron chi connectivity index (χ0n) is 16.4. The van der Waals surface area contributed by atoms with Crippen LogP contribution in [-0.2, 0) is 4.74 Å². The van der Waals surface area contributed by atoms with Crippen molar-refractivity contribution in [3.63, 3.8) is 0 Å². The number of hydrogen-bond acceptors (Lipinski definition) is 5. The van der Waals surface area contributed by atoms with E-state index in [2.05, 4.69) is 35.3 Å². The fourth-order valence-corrected chi connectivity index (χ4v) is 3.38. The number of anilines is 1. The van der Waals surface area contributed by atoms with Crippen LogP contribution in [0.5, 0.6) is 5.75 Å². The number of amides is 1. The fraction of sp³-hybridized carbons (Fsp3) is 0.650. The Hall–Kier alpha value is -1.95. The topological polar surface area (TPSA) is 54.0 Å². The minimum atomic E-state index is -0.470. The third kappa shape index (κ3) is 4.81.